The third kappa shape index (κ3) is 3.11. The summed E-state index contributed by atoms with van der Waals surface area (Å²) in [5.74, 6) is -0.0682. The molecule has 0 amide bonds. The first-order valence-corrected chi connectivity index (χ1v) is 5.83. The molecule has 0 aliphatic heterocycles. The van der Waals surface area contributed by atoms with Crippen molar-refractivity contribution in [2.75, 3.05) is 11.9 Å². The molecule has 20 heavy (non-hydrogen) atoms. The van der Waals surface area contributed by atoms with Gasteiger partial charge in [0.2, 0.25) is 0 Å². The highest BCUT2D eigenvalue weighted by molar-refractivity contribution is 5.46. The van der Waals surface area contributed by atoms with Crippen molar-refractivity contribution in [2.45, 2.75) is 18.7 Å². The molecule has 0 aliphatic rings. The van der Waals surface area contributed by atoms with Crippen LogP contribution in [0.2, 0.25) is 0 Å². The largest absolute Gasteiger partial charge is 0.466 e. The molecule has 2 N–H and O–H groups in total. The summed E-state index contributed by atoms with van der Waals surface area (Å²) < 4.78 is 43.4. The van der Waals surface area contributed by atoms with Crippen molar-refractivity contribution >= 4 is 5.82 Å². The number of halogens is 3. The van der Waals surface area contributed by atoms with Crippen LogP contribution in [0.15, 0.2) is 41.1 Å². The van der Waals surface area contributed by atoms with E-state index in [0.29, 0.717) is 0 Å². The number of anilines is 1. The molecular formula is C13H13F3N2O2. The summed E-state index contributed by atoms with van der Waals surface area (Å²) >= 11 is 0. The van der Waals surface area contributed by atoms with Crippen molar-refractivity contribution in [2.24, 2.45) is 0 Å². The van der Waals surface area contributed by atoms with E-state index in [2.05, 4.69) is 10.3 Å². The third-order valence-electron chi connectivity index (χ3n) is 2.77. The van der Waals surface area contributed by atoms with Gasteiger partial charge in [-0.1, -0.05) is 0 Å². The third-order valence-corrected chi connectivity index (χ3v) is 2.77. The Bertz CT molecular complexity index is 565. The molecule has 1 atom stereocenters. The lowest BCUT2D eigenvalue weighted by Crippen LogP contribution is -2.31. The number of hydrogen-bond donors (Lipinski definition) is 2. The van der Waals surface area contributed by atoms with Crippen LogP contribution in [0.4, 0.5) is 19.0 Å². The molecule has 2 heterocycles. The minimum Gasteiger partial charge on any atom is -0.466 e. The van der Waals surface area contributed by atoms with Crippen LogP contribution in [0.1, 0.15) is 18.2 Å². The first-order chi connectivity index (χ1) is 9.31. The fourth-order valence-electron chi connectivity index (χ4n) is 1.70. The molecule has 0 aliphatic carbocycles. The van der Waals surface area contributed by atoms with E-state index in [1.807, 2.05) is 0 Å². The van der Waals surface area contributed by atoms with Crippen molar-refractivity contribution in [3.8, 4) is 0 Å². The highest BCUT2D eigenvalue weighted by atomic mass is 19.4. The van der Waals surface area contributed by atoms with Crippen LogP contribution in [-0.2, 0) is 11.8 Å². The van der Waals surface area contributed by atoms with E-state index >= 15 is 0 Å². The predicted octanol–water partition coefficient (Wildman–Crippen LogP) is 3.01. The number of alkyl halides is 3. The van der Waals surface area contributed by atoms with Gasteiger partial charge in [0.1, 0.15) is 17.2 Å². The maximum Gasteiger partial charge on any atom is 0.419 e. The van der Waals surface area contributed by atoms with Crippen LogP contribution < -0.4 is 5.32 Å². The number of furan rings is 1. The Morgan fingerprint density at radius 1 is 1.30 bits per heavy atom. The van der Waals surface area contributed by atoms with Gasteiger partial charge in [-0.2, -0.15) is 13.2 Å². The van der Waals surface area contributed by atoms with Crippen molar-refractivity contribution < 1.29 is 22.7 Å². The lowest BCUT2D eigenvalue weighted by Gasteiger charge is -2.22. The lowest BCUT2D eigenvalue weighted by molar-refractivity contribution is -0.137. The van der Waals surface area contributed by atoms with Gasteiger partial charge in [-0.25, -0.2) is 4.98 Å². The van der Waals surface area contributed by atoms with Crippen LogP contribution in [-0.4, -0.2) is 16.6 Å². The Morgan fingerprint density at radius 3 is 2.65 bits per heavy atom. The normalized spacial score (nSPS) is 14.8. The Kier molecular flexibility index (Phi) is 3.71. The molecule has 0 saturated heterocycles. The highest BCUT2D eigenvalue weighted by Gasteiger charge is 2.35. The number of aliphatic hydroxyl groups is 1. The second-order valence-corrected chi connectivity index (χ2v) is 4.50. The zero-order valence-electron chi connectivity index (χ0n) is 10.6. The van der Waals surface area contributed by atoms with Gasteiger partial charge in [-0.05, 0) is 31.2 Å². The molecule has 2 aromatic heterocycles. The molecule has 4 nitrogen and oxygen atoms in total. The molecule has 108 valence electrons. The van der Waals surface area contributed by atoms with Gasteiger partial charge in [0.05, 0.1) is 18.4 Å². The fraction of sp³-hybridized carbons (Fsp3) is 0.308. The second-order valence-electron chi connectivity index (χ2n) is 4.50. The molecule has 0 aromatic carbocycles. The van der Waals surface area contributed by atoms with Crippen LogP contribution in [0.5, 0.6) is 0 Å². The zero-order valence-corrected chi connectivity index (χ0v) is 10.6. The molecule has 0 radical (unpaired) electrons. The van der Waals surface area contributed by atoms with E-state index in [1.165, 1.54) is 25.5 Å². The fourth-order valence-corrected chi connectivity index (χ4v) is 1.70. The lowest BCUT2D eigenvalue weighted by atomic mass is 10.0. The SMILES string of the molecule is CC(O)(CNc1ncccc1C(F)(F)F)c1ccco1. The summed E-state index contributed by atoms with van der Waals surface area (Å²) in [5, 5.41) is 12.7. The number of rotatable bonds is 4. The Morgan fingerprint density at radius 2 is 2.05 bits per heavy atom. The molecule has 7 heteroatoms. The molecular weight excluding hydrogens is 273 g/mol. The maximum atomic E-state index is 12.8. The maximum absolute atomic E-state index is 12.8. The molecule has 0 saturated carbocycles. The van der Waals surface area contributed by atoms with Gasteiger partial charge in [0.15, 0.2) is 0 Å². The van der Waals surface area contributed by atoms with Gasteiger partial charge >= 0.3 is 6.18 Å². The van der Waals surface area contributed by atoms with E-state index in [1.54, 1.807) is 12.1 Å². The van der Waals surface area contributed by atoms with Gasteiger partial charge in [0, 0.05) is 6.20 Å². The first kappa shape index (κ1) is 14.4. The van der Waals surface area contributed by atoms with E-state index in [9.17, 15) is 18.3 Å². The number of nitrogens with one attached hydrogen (secondary N) is 1. The monoisotopic (exact) mass is 286 g/mol. The number of hydrogen-bond acceptors (Lipinski definition) is 4. The van der Waals surface area contributed by atoms with Crippen LogP contribution in [0.3, 0.4) is 0 Å². The minimum absolute atomic E-state index is 0.166. The zero-order chi connectivity index (χ0) is 14.8. The van der Waals surface area contributed by atoms with E-state index in [-0.39, 0.29) is 18.1 Å². The number of pyridine rings is 1. The summed E-state index contributed by atoms with van der Waals surface area (Å²) in [5.41, 5.74) is -2.32. The summed E-state index contributed by atoms with van der Waals surface area (Å²) in [4.78, 5) is 3.66. The highest BCUT2D eigenvalue weighted by Crippen LogP contribution is 2.33. The smallest absolute Gasteiger partial charge is 0.419 e. The quantitative estimate of drug-likeness (QED) is 0.907. The van der Waals surface area contributed by atoms with Crippen LogP contribution in [0.25, 0.3) is 0 Å². The van der Waals surface area contributed by atoms with Crippen molar-refractivity contribution in [3.63, 3.8) is 0 Å². The van der Waals surface area contributed by atoms with E-state index in [4.69, 9.17) is 4.42 Å². The Hall–Kier alpha value is -2.02. The van der Waals surface area contributed by atoms with Gasteiger partial charge in [-0.15, -0.1) is 0 Å². The van der Waals surface area contributed by atoms with Crippen molar-refractivity contribution in [1.82, 2.24) is 4.98 Å². The average Bonchev–Trinajstić information content (AvgIpc) is 2.90. The van der Waals surface area contributed by atoms with Crippen LogP contribution >= 0.6 is 0 Å². The van der Waals surface area contributed by atoms with Crippen LogP contribution in [0, 0.1) is 0 Å². The van der Waals surface area contributed by atoms with Gasteiger partial charge in [-0.3, -0.25) is 0 Å². The summed E-state index contributed by atoms with van der Waals surface area (Å²) in [6, 6.07) is 5.27. The number of nitrogens with zero attached hydrogens (tertiary/aromatic N) is 1. The summed E-state index contributed by atoms with van der Waals surface area (Å²) in [7, 11) is 0. The molecule has 1 unspecified atom stereocenters. The minimum atomic E-state index is -4.51. The first-order valence-electron chi connectivity index (χ1n) is 5.83. The number of aromatic nitrogens is 1. The Labute approximate surface area is 113 Å². The molecule has 2 aromatic rings. The summed E-state index contributed by atoms with van der Waals surface area (Å²) in [6.07, 6.45) is -1.88. The van der Waals surface area contributed by atoms with Crippen molar-refractivity contribution in [3.05, 3.63) is 48.0 Å². The molecule has 0 bridgehead atoms. The average molecular weight is 286 g/mol. The summed E-state index contributed by atoms with van der Waals surface area (Å²) in [6.45, 7) is 1.27. The predicted molar refractivity (Wildman–Crippen MR) is 66.0 cm³/mol. The van der Waals surface area contributed by atoms with E-state index < -0.39 is 17.3 Å². The van der Waals surface area contributed by atoms with Gasteiger partial charge < -0.3 is 14.8 Å². The van der Waals surface area contributed by atoms with Gasteiger partial charge in [0.25, 0.3) is 0 Å². The second kappa shape index (κ2) is 5.16. The van der Waals surface area contributed by atoms with Crippen molar-refractivity contribution in [1.29, 1.82) is 0 Å². The molecule has 0 spiro atoms. The standard InChI is InChI=1S/C13H13F3N2O2/c1-12(19,10-5-3-7-20-10)8-18-11-9(13(14,15)16)4-2-6-17-11/h2-7,19H,8H2,1H3,(H,17,18). The topological polar surface area (TPSA) is 58.3 Å². The Balaban J connectivity index is 2.16. The molecule has 2 rings (SSSR count). The molecule has 0 fully saturated rings. The van der Waals surface area contributed by atoms with E-state index in [0.717, 1.165) is 6.07 Å².